The fourth-order valence-corrected chi connectivity index (χ4v) is 4.45. The number of likely N-dealkylation sites (tertiary alicyclic amines) is 1. The Bertz CT molecular complexity index is 661. The fraction of sp³-hybridized carbons (Fsp3) is 0.700. The van der Waals surface area contributed by atoms with E-state index in [0.29, 0.717) is 18.2 Å². The van der Waals surface area contributed by atoms with Gasteiger partial charge >= 0.3 is 0 Å². The van der Waals surface area contributed by atoms with Gasteiger partial charge in [-0.15, -0.1) is 0 Å². The van der Waals surface area contributed by atoms with E-state index in [-0.39, 0.29) is 5.60 Å². The van der Waals surface area contributed by atoms with Crippen LogP contribution in [0.25, 0.3) is 0 Å². The molecule has 4 rings (SSSR count). The molecule has 1 aromatic heterocycles. The maximum absolute atomic E-state index is 12.6. The van der Waals surface area contributed by atoms with Crippen molar-refractivity contribution in [1.29, 1.82) is 0 Å². The van der Waals surface area contributed by atoms with Gasteiger partial charge < -0.3 is 14.2 Å². The van der Waals surface area contributed by atoms with Gasteiger partial charge in [-0.1, -0.05) is 17.3 Å². The largest absolute Gasteiger partial charge is 0.372 e. The van der Waals surface area contributed by atoms with Gasteiger partial charge in [-0.25, -0.2) is 0 Å². The molecule has 0 N–H and O–H groups in total. The smallest absolute Gasteiger partial charge is 0.223 e. The van der Waals surface area contributed by atoms with Crippen molar-refractivity contribution in [3.05, 3.63) is 29.7 Å². The minimum Gasteiger partial charge on any atom is -0.372 e. The van der Waals surface area contributed by atoms with E-state index in [0.717, 1.165) is 76.5 Å². The van der Waals surface area contributed by atoms with Gasteiger partial charge in [0, 0.05) is 38.7 Å². The Kier molecular flexibility index (Phi) is 5.14. The highest BCUT2D eigenvalue weighted by atomic mass is 16.5. The van der Waals surface area contributed by atoms with Crippen LogP contribution in [0, 0.1) is 12.8 Å². The molecule has 26 heavy (non-hydrogen) atoms. The normalized spacial score (nSPS) is 25.9. The van der Waals surface area contributed by atoms with Crippen molar-refractivity contribution in [2.45, 2.75) is 51.2 Å². The minimum absolute atomic E-state index is 0.114. The van der Waals surface area contributed by atoms with Gasteiger partial charge in [0.1, 0.15) is 0 Å². The Morgan fingerprint density at radius 1 is 1.35 bits per heavy atom. The summed E-state index contributed by atoms with van der Waals surface area (Å²) in [6.07, 6.45) is 9.16. The lowest BCUT2D eigenvalue weighted by molar-refractivity contribution is -0.152. The van der Waals surface area contributed by atoms with Crippen LogP contribution in [0.5, 0.6) is 0 Å². The molecular formula is C20H29N3O3. The summed E-state index contributed by atoms with van der Waals surface area (Å²) in [5, 5.41) is 3.98. The van der Waals surface area contributed by atoms with Crippen LogP contribution in [-0.4, -0.2) is 59.3 Å². The summed E-state index contributed by atoms with van der Waals surface area (Å²) in [6, 6.07) is 2.00. The molecule has 1 spiro atoms. The molecule has 2 fully saturated rings. The van der Waals surface area contributed by atoms with Crippen molar-refractivity contribution >= 4 is 5.91 Å². The van der Waals surface area contributed by atoms with Gasteiger partial charge in [0.2, 0.25) is 5.91 Å². The van der Waals surface area contributed by atoms with Crippen molar-refractivity contribution in [3.8, 4) is 0 Å². The summed E-state index contributed by atoms with van der Waals surface area (Å²) in [5.74, 6) is 1.67. The molecule has 1 unspecified atom stereocenters. The second-order valence-corrected chi connectivity index (χ2v) is 8.03. The highest BCUT2D eigenvalue weighted by Crippen LogP contribution is 2.32. The lowest BCUT2D eigenvalue weighted by Gasteiger charge is -2.47. The van der Waals surface area contributed by atoms with Crippen LogP contribution in [0.15, 0.2) is 22.7 Å². The number of amides is 1. The predicted molar refractivity (Wildman–Crippen MR) is 97.5 cm³/mol. The standard InChI is InChI=1S/C20H29N3O3/c1-16-12-18(26-21-16)14-22-10-11-25-20(15-22)6-8-23(9-7-20)19(24)13-17-4-2-3-5-17/h2,4,12,17H,3,5-11,13-15H2,1H3. The first-order valence-corrected chi connectivity index (χ1v) is 9.85. The van der Waals surface area contributed by atoms with E-state index in [9.17, 15) is 4.79 Å². The molecule has 0 radical (unpaired) electrons. The average Bonchev–Trinajstić information content (AvgIpc) is 3.27. The lowest BCUT2D eigenvalue weighted by Crippen LogP contribution is -2.57. The van der Waals surface area contributed by atoms with E-state index < -0.39 is 0 Å². The summed E-state index contributed by atoms with van der Waals surface area (Å²) < 4.78 is 11.6. The van der Waals surface area contributed by atoms with E-state index in [4.69, 9.17) is 9.26 Å². The van der Waals surface area contributed by atoms with Gasteiger partial charge in [0.15, 0.2) is 5.76 Å². The highest BCUT2D eigenvalue weighted by Gasteiger charge is 2.40. The van der Waals surface area contributed by atoms with Crippen LogP contribution < -0.4 is 0 Å². The summed E-state index contributed by atoms with van der Waals surface area (Å²) in [6.45, 7) is 6.91. The van der Waals surface area contributed by atoms with Crippen LogP contribution in [0.1, 0.15) is 43.6 Å². The van der Waals surface area contributed by atoms with Crippen molar-refractivity contribution in [2.24, 2.45) is 5.92 Å². The maximum Gasteiger partial charge on any atom is 0.223 e. The molecular weight excluding hydrogens is 330 g/mol. The SMILES string of the molecule is Cc1cc(CN2CCOC3(CCN(C(=O)CC4C=CCC4)CC3)C2)on1. The molecule has 2 saturated heterocycles. The van der Waals surface area contributed by atoms with E-state index in [1.54, 1.807) is 0 Å². The molecule has 142 valence electrons. The van der Waals surface area contributed by atoms with E-state index >= 15 is 0 Å². The van der Waals surface area contributed by atoms with Crippen molar-refractivity contribution in [1.82, 2.24) is 15.0 Å². The maximum atomic E-state index is 12.6. The molecule has 3 aliphatic rings. The van der Waals surface area contributed by atoms with Crippen molar-refractivity contribution in [2.75, 3.05) is 32.8 Å². The average molecular weight is 359 g/mol. The Morgan fingerprint density at radius 2 is 2.19 bits per heavy atom. The first-order valence-electron chi connectivity index (χ1n) is 9.85. The molecule has 0 bridgehead atoms. The van der Waals surface area contributed by atoms with Crippen LogP contribution in [0.2, 0.25) is 0 Å². The van der Waals surface area contributed by atoms with E-state index in [1.165, 1.54) is 0 Å². The second-order valence-electron chi connectivity index (χ2n) is 8.03. The Labute approximate surface area is 155 Å². The first kappa shape index (κ1) is 17.7. The quantitative estimate of drug-likeness (QED) is 0.773. The zero-order chi connectivity index (χ0) is 18.0. The van der Waals surface area contributed by atoms with Crippen LogP contribution in [-0.2, 0) is 16.1 Å². The van der Waals surface area contributed by atoms with E-state index in [2.05, 4.69) is 22.2 Å². The first-order chi connectivity index (χ1) is 12.6. The number of piperidine rings is 1. The van der Waals surface area contributed by atoms with Gasteiger partial charge in [0.05, 0.1) is 24.4 Å². The number of aryl methyl sites for hydroxylation is 1. The Morgan fingerprint density at radius 3 is 2.88 bits per heavy atom. The molecule has 2 aliphatic heterocycles. The molecule has 1 amide bonds. The van der Waals surface area contributed by atoms with Gasteiger partial charge in [-0.3, -0.25) is 9.69 Å². The molecule has 1 aliphatic carbocycles. The zero-order valence-corrected chi connectivity index (χ0v) is 15.7. The molecule has 3 heterocycles. The van der Waals surface area contributed by atoms with Gasteiger partial charge in [0.25, 0.3) is 0 Å². The van der Waals surface area contributed by atoms with Crippen LogP contribution in [0.3, 0.4) is 0 Å². The Balaban J connectivity index is 1.29. The van der Waals surface area contributed by atoms with Crippen LogP contribution >= 0.6 is 0 Å². The van der Waals surface area contributed by atoms with Crippen LogP contribution in [0.4, 0.5) is 0 Å². The third kappa shape index (κ3) is 4.01. The number of carbonyl (C=O) groups is 1. The molecule has 6 nitrogen and oxygen atoms in total. The third-order valence-electron chi connectivity index (χ3n) is 5.96. The number of carbonyl (C=O) groups excluding carboxylic acids is 1. The Hall–Kier alpha value is -1.66. The number of aromatic nitrogens is 1. The molecule has 6 heteroatoms. The van der Waals surface area contributed by atoms with Crippen molar-refractivity contribution < 1.29 is 14.1 Å². The number of allylic oxidation sites excluding steroid dienone is 2. The lowest BCUT2D eigenvalue weighted by atomic mass is 9.88. The molecule has 1 aromatic rings. The number of nitrogens with zero attached hydrogens (tertiary/aromatic N) is 3. The fourth-order valence-electron chi connectivity index (χ4n) is 4.45. The number of hydrogen-bond donors (Lipinski definition) is 0. The third-order valence-corrected chi connectivity index (χ3v) is 5.96. The van der Waals surface area contributed by atoms with Gasteiger partial charge in [-0.05, 0) is 38.5 Å². The monoisotopic (exact) mass is 359 g/mol. The highest BCUT2D eigenvalue weighted by molar-refractivity contribution is 5.76. The minimum atomic E-state index is -0.114. The number of hydrogen-bond acceptors (Lipinski definition) is 5. The molecule has 0 saturated carbocycles. The summed E-state index contributed by atoms with van der Waals surface area (Å²) in [5.41, 5.74) is 0.809. The second kappa shape index (κ2) is 7.53. The summed E-state index contributed by atoms with van der Waals surface area (Å²) in [4.78, 5) is 17.0. The molecule has 1 atom stereocenters. The van der Waals surface area contributed by atoms with Crippen molar-refractivity contribution in [3.63, 3.8) is 0 Å². The van der Waals surface area contributed by atoms with E-state index in [1.807, 2.05) is 17.9 Å². The topological polar surface area (TPSA) is 58.8 Å². The molecule has 0 aromatic carbocycles. The predicted octanol–water partition coefficient (Wildman–Crippen LogP) is 2.53. The summed E-state index contributed by atoms with van der Waals surface area (Å²) >= 11 is 0. The number of rotatable bonds is 4. The number of morpholine rings is 1. The summed E-state index contributed by atoms with van der Waals surface area (Å²) in [7, 11) is 0. The van der Waals surface area contributed by atoms with Gasteiger partial charge in [-0.2, -0.15) is 0 Å². The number of ether oxygens (including phenoxy) is 1. The zero-order valence-electron chi connectivity index (χ0n) is 15.7.